The van der Waals surface area contributed by atoms with Crippen molar-refractivity contribution in [2.75, 3.05) is 11.9 Å². The molecular weight excluding hydrogens is 258 g/mol. The second kappa shape index (κ2) is 5.36. The molecule has 2 N–H and O–H groups in total. The number of H-pyrrole nitrogens is 1. The van der Waals surface area contributed by atoms with Crippen LogP contribution in [0.5, 0.6) is 6.01 Å². The predicted octanol–water partition coefficient (Wildman–Crippen LogP) is 1.98. The first kappa shape index (κ1) is 12.7. The van der Waals surface area contributed by atoms with Gasteiger partial charge in [-0.1, -0.05) is 0 Å². The van der Waals surface area contributed by atoms with Crippen molar-refractivity contribution < 1.29 is 9.53 Å². The molecule has 0 aliphatic heterocycles. The van der Waals surface area contributed by atoms with Gasteiger partial charge in [0.05, 0.1) is 6.61 Å². The highest BCUT2D eigenvalue weighted by molar-refractivity contribution is 6.02. The number of carbonyl (C=O) groups excluding carboxylic acids is 1. The molecule has 1 aliphatic carbocycles. The van der Waals surface area contributed by atoms with Crippen LogP contribution in [0.1, 0.15) is 42.7 Å². The number of ether oxygens (including phenoxy) is 1. The molecule has 0 aromatic carbocycles. The van der Waals surface area contributed by atoms with Gasteiger partial charge in [-0.3, -0.25) is 10.1 Å². The number of nitrogens with zero attached hydrogens (tertiary/aromatic N) is 3. The number of aromatic amines is 1. The van der Waals surface area contributed by atoms with E-state index in [1.165, 1.54) is 6.42 Å². The normalized spacial score (nSPS) is 14.8. The van der Waals surface area contributed by atoms with Gasteiger partial charge in [0.15, 0.2) is 0 Å². The molecule has 1 saturated carbocycles. The molecule has 0 bridgehead atoms. The highest BCUT2D eigenvalue weighted by Crippen LogP contribution is 2.32. The van der Waals surface area contributed by atoms with Gasteiger partial charge >= 0.3 is 6.01 Å². The van der Waals surface area contributed by atoms with Crippen LogP contribution in [0.3, 0.4) is 0 Å². The number of rotatable bonds is 5. The molecule has 20 heavy (non-hydrogen) atoms. The van der Waals surface area contributed by atoms with Crippen molar-refractivity contribution in [3.8, 4) is 6.01 Å². The van der Waals surface area contributed by atoms with Crippen molar-refractivity contribution >= 4 is 11.9 Å². The maximum absolute atomic E-state index is 12.2. The molecule has 2 aromatic rings. The molecule has 0 unspecified atom stereocenters. The average molecular weight is 275 g/mol. The first-order chi connectivity index (χ1) is 9.78. The third-order valence-corrected chi connectivity index (χ3v) is 3.45. The summed E-state index contributed by atoms with van der Waals surface area (Å²) in [6.45, 7) is 2.33. The highest BCUT2D eigenvalue weighted by atomic mass is 16.5. The Labute approximate surface area is 116 Å². The van der Waals surface area contributed by atoms with Gasteiger partial charge in [0.1, 0.15) is 5.69 Å². The van der Waals surface area contributed by atoms with E-state index in [4.69, 9.17) is 4.74 Å². The van der Waals surface area contributed by atoms with E-state index in [9.17, 15) is 4.79 Å². The maximum Gasteiger partial charge on any atom is 0.337 e. The highest BCUT2D eigenvalue weighted by Gasteiger charge is 2.23. The molecular formula is C13H17N5O2. The van der Waals surface area contributed by atoms with E-state index in [2.05, 4.69) is 20.5 Å². The Morgan fingerprint density at radius 2 is 2.45 bits per heavy atom. The fourth-order valence-electron chi connectivity index (χ4n) is 2.24. The SMILES string of the molecule is CCOc1n[nH]c(NC(=O)c2cccn2C2CCC2)n1. The standard InChI is InChI=1S/C13H17N5O2/c1-2-20-13-15-12(16-17-13)14-11(19)10-7-4-8-18(10)9-5-3-6-9/h4,7-9H,2-3,5-6H2,1H3,(H2,14,15,16,17,19). The zero-order chi connectivity index (χ0) is 13.9. The molecule has 3 rings (SSSR count). The molecule has 106 valence electrons. The molecule has 0 atom stereocenters. The van der Waals surface area contributed by atoms with Crippen LogP contribution >= 0.6 is 0 Å². The van der Waals surface area contributed by atoms with Crippen LogP contribution in [-0.2, 0) is 0 Å². The molecule has 2 heterocycles. The minimum Gasteiger partial charge on any atom is -0.463 e. The second-order valence-electron chi connectivity index (χ2n) is 4.74. The molecule has 7 heteroatoms. The largest absolute Gasteiger partial charge is 0.463 e. The van der Waals surface area contributed by atoms with Gasteiger partial charge < -0.3 is 9.30 Å². The van der Waals surface area contributed by atoms with E-state index >= 15 is 0 Å². The van der Waals surface area contributed by atoms with Gasteiger partial charge in [0, 0.05) is 12.2 Å². The topological polar surface area (TPSA) is 84.8 Å². The molecule has 7 nitrogen and oxygen atoms in total. The van der Waals surface area contributed by atoms with Gasteiger partial charge in [-0.15, -0.1) is 5.10 Å². The smallest absolute Gasteiger partial charge is 0.337 e. The first-order valence-electron chi connectivity index (χ1n) is 6.81. The van der Waals surface area contributed by atoms with Crippen LogP contribution in [0.4, 0.5) is 5.95 Å². The third-order valence-electron chi connectivity index (χ3n) is 3.45. The number of aromatic nitrogens is 4. The summed E-state index contributed by atoms with van der Waals surface area (Å²) in [6.07, 6.45) is 5.44. The van der Waals surface area contributed by atoms with E-state index in [-0.39, 0.29) is 11.9 Å². The summed E-state index contributed by atoms with van der Waals surface area (Å²) in [4.78, 5) is 16.3. The Balaban J connectivity index is 1.70. The molecule has 0 spiro atoms. The van der Waals surface area contributed by atoms with Gasteiger partial charge in [-0.2, -0.15) is 4.98 Å². The maximum atomic E-state index is 12.2. The Morgan fingerprint density at radius 3 is 3.15 bits per heavy atom. The Hall–Kier alpha value is -2.31. The number of anilines is 1. The van der Waals surface area contributed by atoms with Crippen molar-refractivity contribution in [2.45, 2.75) is 32.2 Å². The van der Waals surface area contributed by atoms with Crippen LogP contribution < -0.4 is 10.1 Å². The summed E-state index contributed by atoms with van der Waals surface area (Å²) in [5, 5.41) is 9.18. The number of nitrogens with one attached hydrogen (secondary N) is 2. The Kier molecular flexibility index (Phi) is 3.41. The van der Waals surface area contributed by atoms with Crippen molar-refractivity contribution in [1.82, 2.24) is 19.7 Å². The summed E-state index contributed by atoms with van der Waals surface area (Å²) in [5.41, 5.74) is 0.643. The molecule has 0 radical (unpaired) electrons. The van der Waals surface area contributed by atoms with E-state index in [1.54, 1.807) is 0 Å². The quantitative estimate of drug-likeness (QED) is 0.873. The van der Waals surface area contributed by atoms with E-state index in [1.807, 2.05) is 29.8 Å². The molecule has 0 saturated heterocycles. The number of amides is 1. The Morgan fingerprint density at radius 1 is 1.60 bits per heavy atom. The van der Waals surface area contributed by atoms with E-state index < -0.39 is 0 Å². The predicted molar refractivity (Wildman–Crippen MR) is 72.8 cm³/mol. The fourth-order valence-corrected chi connectivity index (χ4v) is 2.24. The summed E-state index contributed by atoms with van der Waals surface area (Å²) in [7, 11) is 0. The lowest BCUT2D eigenvalue weighted by molar-refractivity contribution is 0.101. The third kappa shape index (κ3) is 2.38. The van der Waals surface area contributed by atoms with Gasteiger partial charge in [0.2, 0.25) is 5.95 Å². The molecule has 2 aromatic heterocycles. The molecule has 1 fully saturated rings. The lowest BCUT2D eigenvalue weighted by Gasteiger charge is -2.28. The van der Waals surface area contributed by atoms with E-state index in [0.29, 0.717) is 24.3 Å². The second-order valence-corrected chi connectivity index (χ2v) is 4.74. The minimum absolute atomic E-state index is 0.193. The van der Waals surface area contributed by atoms with Gasteiger partial charge in [0.25, 0.3) is 5.91 Å². The molecule has 1 amide bonds. The summed E-state index contributed by atoms with van der Waals surface area (Å²) in [6, 6.07) is 4.38. The van der Waals surface area contributed by atoms with Crippen molar-refractivity contribution in [3.05, 3.63) is 24.0 Å². The summed E-state index contributed by atoms with van der Waals surface area (Å²) < 4.78 is 7.16. The Bertz CT molecular complexity index is 599. The van der Waals surface area contributed by atoms with Gasteiger partial charge in [-0.25, -0.2) is 5.10 Å². The fraction of sp³-hybridized carbons (Fsp3) is 0.462. The van der Waals surface area contributed by atoms with Gasteiger partial charge in [-0.05, 0) is 38.3 Å². The van der Waals surface area contributed by atoms with Crippen LogP contribution in [0.25, 0.3) is 0 Å². The lowest BCUT2D eigenvalue weighted by Crippen LogP contribution is -2.23. The number of hydrogen-bond donors (Lipinski definition) is 2. The van der Waals surface area contributed by atoms with Crippen LogP contribution in [-0.4, -0.2) is 32.3 Å². The minimum atomic E-state index is -0.193. The summed E-state index contributed by atoms with van der Waals surface area (Å²) in [5.74, 6) is 0.0981. The average Bonchev–Trinajstić information content (AvgIpc) is 2.97. The number of hydrogen-bond acceptors (Lipinski definition) is 4. The van der Waals surface area contributed by atoms with Crippen molar-refractivity contribution in [3.63, 3.8) is 0 Å². The first-order valence-corrected chi connectivity index (χ1v) is 6.81. The van der Waals surface area contributed by atoms with E-state index in [0.717, 1.165) is 12.8 Å². The van der Waals surface area contributed by atoms with Crippen molar-refractivity contribution in [2.24, 2.45) is 0 Å². The lowest BCUT2D eigenvalue weighted by atomic mass is 9.93. The molecule has 1 aliphatic rings. The summed E-state index contributed by atoms with van der Waals surface area (Å²) >= 11 is 0. The zero-order valence-corrected chi connectivity index (χ0v) is 11.3. The van der Waals surface area contributed by atoms with Crippen LogP contribution in [0.15, 0.2) is 18.3 Å². The zero-order valence-electron chi connectivity index (χ0n) is 11.3. The van der Waals surface area contributed by atoms with Crippen LogP contribution in [0, 0.1) is 0 Å². The van der Waals surface area contributed by atoms with Crippen LogP contribution in [0.2, 0.25) is 0 Å². The number of carbonyl (C=O) groups is 1. The monoisotopic (exact) mass is 275 g/mol. The van der Waals surface area contributed by atoms with Crippen molar-refractivity contribution in [1.29, 1.82) is 0 Å².